The summed E-state index contributed by atoms with van der Waals surface area (Å²) in [5.41, 5.74) is 2.48. The van der Waals surface area contributed by atoms with E-state index < -0.39 is 5.97 Å². The molecule has 1 aliphatic heterocycles. The van der Waals surface area contributed by atoms with E-state index in [9.17, 15) is 9.59 Å². The molecule has 0 radical (unpaired) electrons. The maximum Gasteiger partial charge on any atom is 0.335 e. The molecule has 2 aromatic rings. The summed E-state index contributed by atoms with van der Waals surface area (Å²) < 4.78 is 1.75. The molecule has 0 aliphatic carbocycles. The van der Waals surface area contributed by atoms with Crippen molar-refractivity contribution in [3.05, 3.63) is 53.3 Å². The lowest BCUT2D eigenvalue weighted by Gasteiger charge is -2.33. The summed E-state index contributed by atoms with van der Waals surface area (Å²) >= 11 is 0. The molecule has 6 heteroatoms. The average molecular weight is 341 g/mol. The Bertz CT molecular complexity index is 752. The molecular weight excluding hydrogens is 318 g/mol. The van der Waals surface area contributed by atoms with Crippen LogP contribution in [0.2, 0.25) is 0 Å². The van der Waals surface area contributed by atoms with Crippen LogP contribution in [0.3, 0.4) is 0 Å². The van der Waals surface area contributed by atoms with E-state index in [1.807, 2.05) is 30.3 Å². The number of carbonyl (C=O) groups excluding carboxylic acids is 1. The first kappa shape index (κ1) is 17.2. The number of benzene rings is 1. The van der Waals surface area contributed by atoms with Gasteiger partial charge in [0, 0.05) is 38.7 Å². The minimum absolute atomic E-state index is 0.177. The van der Waals surface area contributed by atoms with Crippen molar-refractivity contribution in [2.45, 2.75) is 31.6 Å². The summed E-state index contributed by atoms with van der Waals surface area (Å²) in [6.45, 7) is 1.51. The van der Waals surface area contributed by atoms with Crippen LogP contribution < -0.4 is 0 Å². The maximum absolute atomic E-state index is 12.5. The molecule has 3 rings (SSSR count). The zero-order valence-corrected chi connectivity index (χ0v) is 14.4. The molecule has 1 aliphatic rings. The Hall–Kier alpha value is -2.63. The topological polar surface area (TPSA) is 75.4 Å². The number of aromatic carboxylic acids is 1. The summed E-state index contributed by atoms with van der Waals surface area (Å²) in [6.07, 6.45) is 6.95. The van der Waals surface area contributed by atoms with Gasteiger partial charge < -0.3 is 10.0 Å². The lowest BCUT2D eigenvalue weighted by atomic mass is 9.90. The second-order valence-electron chi connectivity index (χ2n) is 6.63. The van der Waals surface area contributed by atoms with Gasteiger partial charge in [0.05, 0.1) is 11.8 Å². The van der Waals surface area contributed by atoms with Gasteiger partial charge in [-0.05, 0) is 42.5 Å². The first-order valence-electron chi connectivity index (χ1n) is 8.61. The number of aryl methyl sites for hydroxylation is 2. The zero-order chi connectivity index (χ0) is 17.8. The Labute approximate surface area is 147 Å². The molecule has 2 heterocycles. The van der Waals surface area contributed by atoms with Gasteiger partial charge in [-0.1, -0.05) is 12.1 Å². The fourth-order valence-corrected chi connectivity index (χ4v) is 3.38. The molecule has 1 saturated heterocycles. The van der Waals surface area contributed by atoms with Crippen LogP contribution >= 0.6 is 0 Å². The SMILES string of the molecule is Cn1cc(CCC(=O)N2CCCC(c3ccc(C(=O)O)cc3)C2)cn1. The zero-order valence-electron chi connectivity index (χ0n) is 14.4. The molecule has 1 amide bonds. The van der Waals surface area contributed by atoms with Crippen LogP contribution in [0.25, 0.3) is 0 Å². The molecule has 0 bridgehead atoms. The molecule has 1 aromatic carbocycles. The smallest absolute Gasteiger partial charge is 0.335 e. The fraction of sp³-hybridized carbons (Fsp3) is 0.421. The van der Waals surface area contributed by atoms with Gasteiger partial charge in [-0.15, -0.1) is 0 Å². The van der Waals surface area contributed by atoms with Crippen LogP contribution in [0, 0.1) is 0 Å². The quantitative estimate of drug-likeness (QED) is 0.906. The number of aromatic nitrogens is 2. The summed E-state index contributed by atoms with van der Waals surface area (Å²) in [7, 11) is 1.87. The average Bonchev–Trinajstić information content (AvgIpc) is 3.05. The number of carboxylic acids is 1. The van der Waals surface area contributed by atoms with Crippen LogP contribution in [-0.4, -0.2) is 44.8 Å². The highest BCUT2D eigenvalue weighted by Gasteiger charge is 2.24. The van der Waals surface area contributed by atoms with E-state index in [0.717, 1.165) is 30.5 Å². The van der Waals surface area contributed by atoms with Crippen molar-refractivity contribution >= 4 is 11.9 Å². The second-order valence-corrected chi connectivity index (χ2v) is 6.63. The highest BCUT2D eigenvalue weighted by atomic mass is 16.4. The van der Waals surface area contributed by atoms with Gasteiger partial charge >= 0.3 is 5.97 Å². The van der Waals surface area contributed by atoms with Crippen LogP contribution in [0.1, 0.15) is 46.7 Å². The van der Waals surface area contributed by atoms with E-state index in [1.54, 1.807) is 23.0 Å². The molecule has 0 spiro atoms. The van der Waals surface area contributed by atoms with E-state index in [1.165, 1.54) is 0 Å². The van der Waals surface area contributed by atoms with Crippen LogP contribution in [0.4, 0.5) is 0 Å². The minimum Gasteiger partial charge on any atom is -0.478 e. The standard InChI is InChI=1S/C19H23N3O3/c1-21-12-14(11-20-21)4-9-18(23)22-10-2-3-17(13-22)15-5-7-16(8-6-15)19(24)25/h5-8,11-12,17H,2-4,9-10,13H2,1H3,(H,24,25). The minimum atomic E-state index is -0.914. The molecule has 6 nitrogen and oxygen atoms in total. The number of carbonyl (C=O) groups is 2. The van der Waals surface area contributed by atoms with E-state index >= 15 is 0 Å². The van der Waals surface area contributed by atoms with Crippen molar-refractivity contribution in [2.24, 2.45) is 7.05 Å². The monoisotopic (exact) mass is 341 g/mol. The number of piperidine rings is 1. The van der Waals surface area contributed by atoms with E-state index in [2.05, 4.69) is 5.10 Å². The van der Waals surface area contributed by atoms with Gasteiger partial charge in [-0.2, -0.15) is 5.10 Å². The van der Waals surface area contributed by atoms with Gasteiger partial charge in [-0.25, -0.2) is 4.79 Å². The van der Waals surface area contributed by atoms with Crippen LogP contribution in [-0.2, 0) is 18.3 Å². The number of rotatable bonds is 5. The predicted octanol–water partition coefficient (Wildman–Crippen LogP) is 2.46. The van der Waals surface area contributed by atoms with Gasteiger partial charge in [0.1, 0.15) is 0 Å². The highest BCUT2D eigenvalue weighted by Crippen LogP contribution is 2.27. The van der Waals surface area contributed by atoms with Gasteiger partial charge in [-0.3, -0.25) is 9.48 Å². The first-order valence-corrected chi connectivity index (χ1v) is 8.61. The molecule has 1 N–H and O–H groups in total. The normalized spacial score (nSPS) is 17.5. The van der Waals surface area contributed by atoms with Crippen LogP contribution in [0.5, 0.6) is 0 Å². The number of hydrogen-bond donors (Lipinski definition) is 1. The predicted molar refractivity (Wildman–Crippen MR) is 93.5 cm³/mol. The largest absolute Gasteiger partial charge is 0.478 e. The molecule has 0 saturated carbocycles. The maximum atomic E-state index is 12.5. The fourth-order valence-electron chi connectivity index (χ4n) is 3.38. The third kappa shape index (κ3) is 4.26. The van der Waals surface area contributed by atoms with Crippen molar-refractivity contribution in [1.82, 2.24) is 14.7 Å². The Kier molecular flexibility index (Phi) is 5.16. The molecule has 1 aromatic heterocycles. The highest BCUT2D eigenvalue weighted by molar-refractivity contribution is 5.87. The Morgan fingerprint density at radius 1 is 1.28 bits per heavy atom. The summed E-state index contributed by atoms with van der Waals surface area (Å²) in [5, 5.41) is 13.1. The van der Waals surface area contributed by atoms with Gasteiger partial charge in [0.2, 0.25) is 5.91 Å². The number of hydrogen-bond acceptors (Lipinski definition) is 3. The number of amides is 1. The summed E-state index contributed by atoms with van der Waals surface area (Å²) in [4.78, 5) is 25.4. The third-order valence-corrected chi connectivity index (χ3v) is 4.79. The van der Waals surface area contributed by atoms with E-state index in [4.69, 9.17) is 5.11 Å². The Morgan fingerprint density at radius 3 is 2.68 bits per heavy atom. The molecule has 1 unspecified atom stereocenters. The summed E-state index contributed by atoms with van der Waals surface area (Å²) in [6, 6.07) is 7.02. The Balaban J connectivity index is 1.58. The van der Waals surface area contributed by atoms with Crippen molar-refractivity contribution < 1.29 is 14.7 Å². The number of carboxylic acid groups (broad SMARTS) is 1. The van der Waals surface area contributed by atoms with Crippen molar-refractivity contribution in [1.29, 1.82) is 0 Å². The van der Waals surface area contributed by atoms with Crippen LogP contribution in [0.15, 0.2) is 36.7 Å². The second kappa shape index (κ2) is 7.51. The van der Waals surface area contributed by atoms with Gasteiger partial charge in [0.15, 0.2) is 0 Å². The number of likely N-dealkylation sites (tertiary alicyclic amines) is 1. The number of nitrogens with zero attached hydrogens (tertiary/aromatic N) is 3. The molecule has 1 fully saturated rings. The molecule has 25 heavy (non-hydrogen) atoms. The van der Waals surface area contributed by atoms with E-state index in [-0.39, 0.29) is 11.8 Å². The molecule has 1 atom stereocenters. The molecule has 132 valence electrons. The third-order valence-electron chi connectivity index (χ3n) is 4.79. The van der Waals surface area contributed by atoms with Crippen molar-refractivity contribution in [2.75, 3.05) is 13.1 Å². The van der Waals surface area contributed by atoms with E-state index in [0.29, 0.717) is 24.9 Å². The summed E-state index contributed by atoms with van der Waals surface area (Å²) in [5.74, 6) is -0.461. The van der Waals surface area contributed by atoms with Crippen molar-refractivity contribution in [3.8, 4) is 0 Å². The van der Waals surface area contributed by atoms with Crippen molar-refractivity contribution in [3.63, 3.8) is 0 Å². The van der Waals surface area contributed by atoms with Gasteiger partial charge in [0.25, 0.3) is 0 Å². The first-order chi connectivity index (χ1) is 12.0. The Morgan fingerprint density at radius 2 is 2.04 bits per heavy atom. The lowest BCUT2D eigenvalue weighted by Crippen LogP contribution is -2.39. The lowest BCUT2D eigenvalue weighted by molar-refractivity contribution is -0.132. The molecular formula is C19H23N3O3.